The molecule has 21 heavy (non-hydrogen) atoms. The number of H-pyrrole nitrogens is 1. The van der Waals surface area contributed by atoms with E-state index >= 15 is 0 Å². The van der Waals surface area contributed by atoms with Crippen LogP contribution in [0, 0.1) is 5.92 Å². The Bertz CT molecular complexity index is 848. The van der Waals surface area contributed by atoms with Crippen LogP contribution in [-0.2, 0) is 6.54 Å². The Morgan fingerprint density at radius 3 is 2.90 bits per heavy atom. The average molecular weight is 284 g/mol. The van der Waals surface area contributed by atoms with Gasteiger partial charge in [-0.15, -0.1) is 0 Å². The third kappa shape index (κ3) is 2.52. The Balaban J connectivity index is 2.17. The highest BCUT2D eigenvalue weighted by molar-refractivity contribution is 5.72. The number of benzene rings is 1. The molecule has 108 valence electrons. The molecule has 0 aliphatic carbocycles. The van der Waals surface area contributed by atoms with Crippen LogP contribution in [0.2, 0.25) is 0 Å². The van der Waals surface area contributed by atoms with Gasteiger partial charge in [0.15, 0.2) is 11.5 Å². The highest BCUT2D eigenvalue weighted by atomic mass is 16.3. The second-order valence-corrected chi connectivity index (χ2v) is 5.42. The maximum Gasteiger partial charge on any atom is 0.327 e. The highest BCUT2D eigenvalue weighted by Crippen LogP contribution is 2.21. The zero-order valence-corrected chi connectivity index (χ0v) is 11.9. The molecule has 3 rings (SSSR count). The number of aromatic amines is 1. The minimum Gasteiger partial charge on any atom is -0.508 e. The van der Waals surface area contributed by atoms with Crippen LogP contribution in [-0.4, -0.2) is 24.6 Å². The molecule has 0 radical (unpaired) electrons. The Hall–Kier alpha value is -2.63. The van der Waals surface area contributed by atoms with Crippen LogP contribution in [0.3, 0.4) is 0 Å². The van der Waals surface area contributed by atoms with Gasteiger partial charge in [0, 0.05) is 12.1 Å². The van der Waals surface area contributed by atoms with Crippen LogP contribution in [0.25, 0.3) is 22.6 Å². The summed E-state index contributed by atoms with van der Waals surface area (Å²) in [5.41, 5.74) is 1.73. The van der Waals surface area contributed by atoms with Crippen LogP contribution in [0.5, 0.6) is 5.75 Å². The number of aromatic hydroxyl groups is 1. The third-order valence-corrected chi connectivity index (χ3v) is 3.16. The number of imidazole rings is 1. The molecule has 0 atom stereocenters. The quantitative estimate of drug-likeness (QED) is 0.772. The summed E-state index contributed by atoms with van der Waals surface area (Å²) in [4.78, 5) is 23.4. The second kappa shape index (κ2) is 5.05. The first-order valence-electron chi connectivity index (χ1n) is 6.79. The maximum atomic E-state index is 12.0. The normalized spacial score (nSPS) is 11.4. The molecule has 0 aliphatic heterocycles. The van der Waals surface area contributed by atoms with E-state index in [2.05, 4.69) is 15.0 Å². The molecule has 0 saturated carbocycles. The molecule has 0 unspecified atom stereocenters. The van der Waals surface area contributed by atoms with Gasteiger partial charge in [-0.05, 0) is 18.1 Å². The Morgan fingerprint density at radius 2 is 2.19 bits per heavy atom. The SMILES string of the molecule is CC(C)Cn1c(=O)[nH]c2cnc(-c3cccc(O)c3)nc21. The summed E-state index contributed by atoms with van der Waals surface area (Å²) < 4.78 is 1.62. The van der Waals surface area contributed by atoms with Gasteiger partial charge in [-0.25, -0.2) is 14.8 Å². The molecule has 0 amide bonds. The minimum absolute atomic E-state index is 0.157. The standard InChI is InChI=1S/C15H16N4O2/c1-9(2)8-19-14-12(17-15(19)21)7-16-13(18-14)10-4-3-5-11(20)6-10/h3-7,9,20H,8H2,1-2H3,(H,17,21). The van der Waals surface area contributed by atoms with Gasteiger partial charge in [0.2, 0.25) is 0 Å². The van der Waals surface area contributed by atoms with E-state index in [4.69, 9.17) is 0 Å². The molecule has 3 aromatic rings. The summed E-state index contributed by atoms with van der Waals surface area (Å²) in [5.74, 6) is 0.973. The van der Waals surface area contributed by atoms with Crippen LogP contribution >= 0.6 is 0 Å². The van der Waals surface area contributed by atoms with E-state index in [0.29, 0.717) is 35.0 Å². The molecule has 1 aromatic carbocycles. The zero-order chi connectivity index (χ0) is 15.0. The number of fused-ring (bicyclic) bond motifs is 1. The molecule has 0 saturated heterocycles. The van der Waals surface area contributed by atoms with Crippen molar-refractivity contribution in [3.63, 3.8) is 0 Å². The molecular weight excluding hydrogens is 268 g/mol. The molecule has 6 nitrogen and oxygen atoms in total. The van der Waals surface area contributed by atoms with E-state index in [9.17, 15) is 9.90 Å². The number of aromatic nitrogens is 4. The number of hydrogen-bond acceptors (Lipinski definition) is 4. The predicted molar refractivity (Wildman–Crippen MR) is 80.1 cm³/mol. The van der Waals surface area contributed by atoms with Crippen molar-refractivity contribution < 1.29 is 5.11 Å². The van der Waals surface area contributed by atoms with Gasteiger partial charge in [0.05, 0.1) is 6.20 Å². The number of nitrogens with zero attached hydrogens (tertiary/aromatic N) is 3. The topological polar surface area (TPSA) is 83.8 Å². The summed E-state index contributed by atoms with van der Waals surface area (Å²) in [7, 11) is 0. The van der Waals surface area contributed by atoms with Crippen molar-refractivity contribution in [3.8, 4) is 17.1 Å². The molecule has 0 bridgehead atoms. The van der Waals surface area contributed by atoms with Crippen molar-refractivity contribution in [3.05, 3.63) is 40.9 Å². The number of rotatable bonds is 3. The van der Waals surface area contributed by atoms with Crippen molar-refractivity contribution in [1.82, 2.24) is 19.5 Å². The fourth-order valence-electron chi connectivity index (χ4n) is 2.26. The van der Waals surface area contributed by atoms with Gasteiger partial charge in [0.1, 0.15) is 11.3 Å². The van der Waals surface area contributed by atoms with Crippen molar-refractivity contribution in [1.29, 1.82) is 0 Å². The molecular formula is C15H16N4O2. The number of phenolic OH excluding ortho intramolecular Hbond substituents is 1. The summed E-state index contributed by atoms with van der Waals surface area (Å²) in [6.07, 6.45) is 1.60. The van der Waals surface area contributed by atoms with Crippen LogP contribution < -0.4 is 5.69 Å². The summed E-state index contributed by atoms with van der Waals surface area (Å²) in [6.45, 7) is 4.68. The zero-order valence-electron chi connectivity index (χ0n) is 11.9. The molecule has 2 heterocycles. The molecule has 0 fully saturated rings. The summed E-state index contributed by atoms with van der Waals surface area (Å²) in [5, 5.41) is 9.55. The first-order chi connectivity index (χ1) is 10.0. The monoisotopic (exact) mass is 284 g/mol. The Labute approximate surface area is 121 Å². The Morgan fingerprint density at radius 1 is 1.38 bits per heavy atom. The number of hydrogen-bond donors (Lipinski definition) is 2. The second-order valence-electron chi connectivity index (χ2n) is 5.42. The van der Waals surface area contributed by atoms with E-state index in [-0.39, 0.29) is 11.4 Å². The fourth-order valence-corrected chi connectivity index (χ4v) is 2.26. The van der Waals surface area contributed by atoms with E-state index in [1.165, 1.54) is 0 Å². The Kier molecular flexibility index (Phi) is 3.21. The fraction of sp³-hybridized carbons (Fsp3) is 0.267. The van der Waals surface area contributed by atoms with Crippen molar-refractivity contribution in [2.75, 3.05) is 0 Å². The third-order valence-electron chi connectivity index (χ3n) is 3.16. The molecule has 2 N–H and O–H groups in total. The minimum atomic E-state index is -0.180. The molecule has 0 aliphatic rings. The van der Waals surface area contributed by atoms with Gasteiger partial charge in [-0.2, -0.15) is 0 Å². The van der Waals surface area contributed by atoms with Gasteiger partial charge in [0.25, 0.3) is 0 Å². The van der Waals surface area contributed by atoms with Gasteiger partial charge < -0.3 is 10.1 Å². The molecule has 2 aromatic heterocycles. The summed E-state index contributed by atoms with van der Waals surface area (Å²) >= 11 is 0. The van der Waals surface area contributed by atoms with Gasteiger partial charge in [-0.3, -0.25) is 4.57 Å². The lowest BCUT2D eigenvalue weighted by Crippen LogP contribution is -2.19. The lowest BCUT2D eigenvalue weighted by Gasteiger charge is -2.06. The van der Waals surface area contributed by atoms with Crippen LogP contribution in [0.15, 0.2) is 35.3 Å². The van der Waals surface area contributed by atoms with Crippen LogP contribution in [0.1, 0.15) is 13.8 Å². The van der Waals surface area contributed by atoms with Gasteiger partial charge in [-0.1, -0.05) is 26.0 Å². The predicted octanol–water partition coefficient (Wildman–Crippen LogP) is 2.15. The smallest absolute Gasteiger partial charge is 0.327 e. The molecule has 0 spiro atoms. The largest absolute Gasteiger partial charge is 0.508 e. The van der Waals surface area contributed by atoms with Crippen molar-refractivity contribution >= 4 is 11.2 Å². The first-order valence-corrected chi connectivity index (χ1v) is 6.79. The summed E-state index contributed by atoms with van der Waals surface area (Å²) in [6, 6.07) is 6.74. The maximum absolute atomic E-state index is 12.0. The lowest BCUT2D eigenvalue weighted by atomic mass is 10.2. The van der Waals surface area contributed by atoms with Crippen LogP contribution in [0.4, 0.5) is 0 Å². The van der Waals surface area contributed by atoms with E-state index in [1.807, 2.05) is 19.9 Å². The lowest BCUT2D eigenvalue weighted by molar-refractivity contribution is 0.475. The first kappa shape index (κ1) is 13.4. The van der Waals surface area contributed by atoms with E-state index in [0.717, 1.165) is 0 Å². The van der Waals surface area contributed by atoms with Crippen molar-refractivity contribution in [2.45, 2.75) is 20.4 Å². The van der Waals surface area contributed by atoms with E-state index < -0.39 is 0 Å². The molecule has 6 heteroatoms. The number of nitrogens with one attached hydrogen (secondary N) is 1. The number of phenols is 1. The van der Waals surface area contributed by atoms with E-state index in [1.54, 1.807) is 29.0 Å². The highest BCUT2D eigenvalue weighted by Gasteiger charge is 2.12. The van der Waals surface area contributed by atoms with Crippen molar-refractivity contribution in [2.24, 2.45) is 5.92 Å². The average Bonchev–Trinajstić information content (AvgIpc) is 2.74. The van der Waals surface area contributed by atoms with Gasteiger partial charge >= 0.3 is 5.69 Å².